The maximum absolute atomic E-state index is 11.9. The topological polar surface area (TPSA) is 72.4 Å². The molecule has 1 N–H and O–H groups in total. The van der Waals surface area contributed by atoms with Crippen molar-refractivity contribution in [2.75, 3.05) is 0 Å². The van der Waals surface area contributed by atoms with Gasteiger partial charge in [0.05, 0.1) is 5.52 Å². The average molecular weight is 235 g/mol. The standard InChI is InChI=1S/C12H13NO4/c1-12(2,16)10(14)7-4-5-9-8(6-7)13(3)11(15)17-9/h4-6,16H,1-3H3. The minimum absolute atomic E-state index is 0.349. The van der Waals surface area contributed by atoms with Crippen LogP contribution in [0.25, 0.3) is 11.1 Å². The number of nitrogens with zero attached hydrogens (tertiary/aromatic N) is 1. The first kappa shape index (κ1) is 11.6. The van der Waals surface area contributed by atoms with Crippen LogP contribution < -0.4 is 5.76 Å². The highest BCUT2D eigenvalue weighted by Gasteiger charge is 2.25. The maximum atomic E-state index is 11.9. The number of aromatic nitrogens is 1. The fraction of sp³-hybridized carbons (Fsp3) is 0.333. The molecular formula is C12H13NO4. The van der Waals surface area contributed by atoms with Gasteiger partial charge >= 0.3 is 5.76 Å². The van der Waals surface area contributed by atoms with Crippen LogP contribution in [0, 0.1) is 0 Å². The molecule has 0 aliphatic heterocycles. The second kappa shape index (κ2) is 3.56. The second-order valence-electron chi connectivity index (χ2n) is 4.50. The van der Waals surface area contributed by atoms with E-state index in [0.29, 0.717) is 16.7 Å². The molecule has 5 heteroatoms. The van der Waals surface area contributed by atoms with E-state index in [9.17, 15) is 14.7 Å². The summed E-state index contributed by atoms with van der Waals surface area (Å²) in [6.07, 6.45) is 0. The van der Waals surface area contributed by atoms with Crippen molar-refractivity contribution in [1.29, 1.82) is 0 Å². The molecule has 17 heavy (non-hydrogen) atoms. The zero-order valence-corrected chi connectivity index (χ0v) is 9.85. The Labute approximate surface area is 97.3 Å². The lowest BCUT2D eigenvalue weighted by Gasteiger charge is -2.15. The lowest BCUT2D eigenvalue weighted by atomic mass is 9.97. The van der Waals surface area contributed by atoms with Gasteiger partial charge in [0.25, 0.3) is 0 Å². The Balaban J connectivity index is 2.63. The number of benzene rings is 1. The number of oxazole rings is 1. The summed E-state index contributed by atoms with van der Waals surface area (Å²) in [5.74, 6) is -0.874. The number of hydrogen-bond donors (Lipinski definition) is 1. The summed E-state index contributed by atoms with van der Waals surface area (Å²) in [6, 6.07) is 4.63. The van der Waals surface area contributed by atoms with Crippen LogP contribution in [0.1, 0.15) is 24.2 Å². The molecule has 0 unspecified atom stereocenters. The molecule has 0 amide bonds. The SMILES string of the molecule is Cn1c(=O)oc2ccc(C(=O)C(C)(C)O)cc21. The zero-order chi connectivity index (χ0) is 12.8. The molecule has 5 nitrogen and oxygen atoms in total. The highest BCUT2D eigenvalue weighted by molar-refractivity contribution is 6.03. The van der Waals surface area contributed by atoms with Gasteiger partial charge in [-0.2, -0.15) is 0 Å². The van der Waals surface area contributed by atoms with Gasteiger partial charge in [0.1, 0.15) is 5.60 Å². The van der Waals surface area contributed by atoms with Gasteiger partial charge in [-0.05, 0) is 32.0 Å². The molecule has 0 atom stereocenters. The zero-order valence-electron chi connectivity index (χ0n) is 9.85. The van der Waals surface area contributed by atoms with Crippen LogP contribution in [0.15, 0.2) is 27.4 Å². The predicted octanol–water partition coefficient (Wildman–Crippen LogP) is 1.09. The first-order valence-corrected chi connectivity index (χ1v) is 5.17. The molecule has 0 saturated heterocycles. The third-order valence-corrected chi connectivity index (χ3v) is 2.61. The van der Waals surface area contributed by atoms with Gasteiger partial charge in [0, 0.05) is 12.6 Å². The third-order valence-electron chi connectivity index (χ3n) is 2.61. The molecule has 1 aromatic carbocycles. The number of aliphatic hydroxyl groups is 1. The van der Waals surface area contributed by atoms with Gasteiger partial charge in [-0.25, -0.2) is 4.79 Å². The van der Waals surface area contributed by atoms with Crippen molar-refractivity contribution in [3.8, 4) is 0 Å². The van der Waals surface area contributed by atoms with Crippen molar-refractivity contribution < 1.29 is 14.3 Å². The number of Topliss-reactive ketones (excluding diaryl/α,β-unsaturated/α-hetero) is 1. The van der Waals surface area contributed by atoms with Crippen molar-refractivity contribution >= 4 is 16.9 Å². The van der Waals surface area contributed by atoms with Gasteiger partial charge < -0.3 is 9.52 Å². The monoisotopic (exact) mass is 235 g/mol. The third kappa shape index (κ3) is 1.89. The summed E-state index contributed by atoms with van der Waals surface area (Å²) in [7, 11) is 1.56. The first-order chi connectivity index (χ1) is 7.80. The van der Waals surface area contributed by atoms with Gasteiger partial charge in [-0.15, -0.1) is 0 Å². The lowest BCUT2D eigenvalue weighted by molar-refractivity contribution is 0.0488. The Morgan fingerprint density at radius 3 is 2.65 bits per heavy atom. The molecule has 0 aliphatic rings. The van der Waals surface area contributed by atoms with E-state index in [2.05, 4.69) is 0 Å². The summed E-state index contributed by atoms with van der Waals surface area (Å²) in [6.45, 7) is 2.85. The minimum Gasteiger partial charge on any atom is -0.408 e. The van der Waals surface area contributed by atoms with E-state index >= 15 is 0 Å². The van der Waals surface area contributed by atoms with Crippen LogP contribution in [0.5, 0.6) is 0 Å². The summed E-state index contributed by atoms with van der Waals surface area (Å²) in [5.41, 5.74) is -0.132. The number of rotatable bonds is 2. The van der Waals surface area contributed by atoms with Crippen molar-refractivity contribution in [3.63, 3.8) is 0 Å². The van der Waals surface area contributed by atoms with Crippen molar-refractivity contribution in [2.24, 2.45) is 7.05 Å². The van der Waals surface area contributed by atoms with Gasteiger partial charge in [0.2, 0.25) is 0 Å². The fourth-order valence-corrected chi connectivity index (χ4v) is 1.62. The first-order valence-electron chi connectivity index (χ1n) is 5.17. The van der Waals surface area contributed by atoms with E-state index in [0.717, 1.165) is 0 Å². The molecule has 0 bridgehead atoms. The molecule has 2 aromatic rings. The molecule has 1 heterocycles. The van der Waals surface area contributed by atoms with E-state index in [1.807, 2.05) is 0 Å². The van der Waals surface area contributed by atoms with Crippen molar-refractivity contribution in [3.05, 3.63) is 34.3 Å². The molecule has 90 valence electrons. The van der Waals surface area contributed by atoms with Gasteiger partial charge in [0.15, 0.2) is 11.4 Å². The van der Waals surface area contributed by atoms with Gasteiger partial charge in [-0.1, -0.05) is 0 Å². The van der Waals surface area contributed by atoms with Crippen LogP contribution >= 0.6 is 0 Å². The van der Waals surface area contributed by atoms with Crippen molar-refractivity contribution in [1.82, 2.24) is 4.57 Å². The number of carbonyl (C=O) groups is 1. The van der Waals surface area contributed by atoms with Crippen LogP contribution in [-0.4, -0.2) is 21.1 Å². The van der Waals surface area contributed by atoms with E-state index in [1.165, 1.54) is 24.5 Å². The largest absolute Gasteiger partial charge is 0.419 e. The molecule has 1 aromatic heterocycles. The Morgan fingerprint density at radius 2 is 2.06 bits per heavy atom. The molecule has 0 saturated carbocycles. The predicted molar refractivity (Wildman–Crippen MR) is 62.1 cm³/mol. The Hall–Kier alpha value is -1.88. The Kier molecular flexibility index (Phi) is 2.43. The molecule has 0 fully saturated rings. The van der Waals surface area contributed by atoms with Crippen LogP contribution in [0.2, 0.25) is 0 Å². The summed E-state index contributed by atoms with van der Waals surface area (Å²) in [5, 5.41) is 9.64. The Bertz CT molecular complexity index is 643. The molecule has 2 rings (SSSR count). The van der Waals surface area contributed by atoms with E-state index in [1.54, 1.807) is 19.2 Å². The summed E-state index contributed by atoms with van der Waals surface area (Å²) < 4.78 is 6.27. The molecular weight excluding hydrogens is 222 g/mol. The fourth-order valence-electron chi connectivity index (χ4n) is 1.62. The molecule has 0 spiro atoms. The number of ketones is 1. The van der Waals surface area contributed by atoms with E-state index in [-0.39, 0.29) is 0 Å². The minimum atomic E-state index is -1.43. The number of fused-ring (bicyclic) bond motifs is 1. The second-order valence-corrected chi connectivity index (χ2v) is 4.50. The molecule has 0 radical (unpaired) electrons. The highest BCUT2D eigenvalue weighted by atomic mass is 16.4. The summed E-state index contributed by atoms with van der Waals surface area (Å²) >= 11 is 0. The highest BCUT2D eigenvalue weighted by Crippen LogP contribution is 2.18. The normalized spacial score (nSPS) is 12.0. The van der Waals surface area contributed by atoms with Gasteiger partial charge in [-0.3, -0.25) is 9.36 Å². The van der Waals surface area contributed by atoms with E-state index < -0.39 is 17.1 Å². The maximum Gasteiger partial charge on any atom is 0.419 e. The Morgan fingerprint density at radius 1 is 1.41 bits per heavy atom. The molecule has 0 aliphatic carbocycles. The quantitative estimate of drug-likeness (QED) is 0.791. The van der Waals surface area contributed by atoms with Crippen LogP contribution in [0.3, 0.4) is 0 Å². The lowest BCUT2D eigenvalue weighted by Crippen LogP contribution is -2.31. The smallest absolute Gasteiger partial charge is 0.408 e. The average Bonchev–Trinajstić information content (AvgIpc) is 2.52. The number of carbonyl (C=O) groups excluding carboxylic acids is 1. The van der Waals surface area contributed by atoms with Crippen molar-refractivity contribution in [2.45, 2.75) is 19.4 Å². The van der Waals surface area contributed by atoms with E-state index in [4.69, 9.17) is 4.42 Å². The van der Waals surface area contributed by atoms with Crippen LogP contribution in [-0.2, 0) is 7.05 Å². The number of aryl methyl sites for hydroxylation is 1. The van der Waals surface area contributed by atoms with Crippen LogP contribution in [0.4, 0.5) is 0 Å². The number of hydrogen-bond acceptors (Lipinski definition) is 4. The summed E-state index contributed by atoms with van der Waals surface area (Å²) in [4.78, 5) is 23.1.